The molecule has 0 aliphatic heterocycles. The van der Waals surface area contributed by atoms with E-state index in [2.05, 4.69) is 0 Å². The zero-order valence-corrected chi connectivity index (χ0v) is 11.6. The van der Waals surface area contributed by atoms with E-state index in [1.54, 1.807) is 13.8 Å². The van der Waals surface area contributed by atoms with Crippen LogP contribution >= 0.6 is 12.2 Å². The molecule has 0 fully saturated rings. The number of carbonyl (C=O) groups excluding carboxylic acids is 2. The molecule has 1 unspecified atom stereocenters. The van der Waals surface area contributed by atoms with Crippen LogP contribution in [-0.2, 0) is 14.3 Å². The second kappa shape index (κ2) is 6.54. The van der Waals surface area contributed by atoms with Gasteiger partial charge in [0.15, 0.2) is 0 Å². The van der Waals surface area contributed by atoms with Crippen molar-refractivity contribution in [2.75, 3.05) is 20.2 Å². The van der Waals surface area contributed by atoms with E-state index in [9.17, 15) is 9.59 Å². The Morgan fingerprint density at radius 3 is 2.29 bits per heavy atom. The van der Waals surface area contributed by atoms with Gasteiger partial charge in [-0.15, -0.1) is 0 Å². The minimum absolute atomic E-state index is 0.0924. The predicted molar refractivity (Wildman–Crippen MR) is 69.5 cm³/mol. The van der Waals surface area contributed by atoms with Crippen molar-refractivity contribution in [3.63, 3.8) is 0 Å². The van der Waals surface area contributed by atoms with Crippen molar-refractivity contribution >= 4 is 29.1 Å². The summed E-state index contributed by atoms with van der Waals surface area (Å²) in [6.07, 6.45) is 0.494. The molecule has 2 N–H and O–H groups in total. The van der Waals surface area contributed by atoms with E-state index in [1.165, 1.54) is 11.9 Å². The molecule has 0 aliphatic carbocycles. The zero-order chi connectivity index (χ0) is 13.6. The van der Waals surface area contributed by atoms with Crippen molar-refractivity contribution in [1.29, 1.82) is 0 Å². The maximum atomic E-state index is 12.1. The SMILES string of the molecule is CCOC(=O)CN(C)C(=O)C(C)(CC)C(N)=S. The molecule has 0 heterocycles. The maximum absolute atomic E-state index is 12.1. The fraction of sp³-hybridized carbons (Fsp3) is 0.727. The molecule has 0 rings (SSSR count). The molecule has 5 nitrogen and oxygen atoms in total. The van der Waals surface area contributed by atoms with Gasteiger partial charge in [0.05, 0.1) is 17.0 Å². The van der Waals surface area contributed by atoms with Crippen LogP contribution in [0.2, 0.25) is 0 Å². The number of nitrogens with zero attached hydrogens (tertiary/aromatic N) is 1. The summed E-state index contributed by atoms with van der Waals surface area (Å²) in [4.78, 5) is 24.8. The standard InChI is InChI=1S/C11H20N2O3S/c1-5-11(3,9(12)17)10(15)13(4)7-8(14)16-6-2/h5-7H2,1-4H3,(H2,12,17). The first-order valence-corrected chi connectivity index (χ1v) is 5.91. The summed E-state index contributed by atoms with van der Waals surface area (Å²) in [5, 5.41) is 0. The Morgan fingerprint density at radius 1 is 1.41 bits per heavy atom. The van der Waals surface area contributed by atoms with Gasteiger partial charge in [0, 0.05) is 7.05 Å². The van der Waals surface area contributed by atoms with Crippen molar-refractivity contribution in [2.24, 2.45) is 11.1 Å². The monoisotopic (exact) mass is 260 g/mol. The van der Waals surface area contributed by atoms with Crippen LogP contribution in [0.4, 0.5) is 0 Å². The Balaban J connectivity index is 4.69. The fourth-order valence-electron chi connectivity index (χ4n) is 1.32. The molecule has 1 amide bonds. The number of hydrogen-bond donors (Lipinski definition) is 1. The summed E-state index contributed by atoms with van der Waals surface area (Å²) in [6.45, 7) is 5.42. The number of esters is 1. The van der Waals surface area contributed by atoms with Crippen LogP contribution < -0.4 is 5.73 Å². The van der Waals surface area contributed by atoms with Gasteiger partial charge in [-0.05, 0) is 20.3 Å². The van der Waals surface area contributed by atoms with Crippen LogP contribution in [-0.4, -0.2) is 42.0 Å². The summed E-state index contributed by atoms with van der Waals surface area (Å²) in [6, 6.07) is 0. The molecule has 0 bridgehead atoms. The lowest BCUT2D eigenvalue weighted by Gasteiger charge is -2.30. The quantitative estimate of drug-likeness (QED) is 0.562. The molecule has 0 aliphatic rings. The Labute approximate surface area is 107 Å². The number of hydrogen-bond acceptors (Lipinski definition) is 4. The molecule has 1 atom stereocenters. The number of thiocarbonyl (C=S) groups is 1. The van der Waals surface area contributed by atoms with E-state index < -0.39 is 11.4 Å². The highest BCUT2D eigenvalue weighted by Crippen LogP contribution is 2.24. The second-order valence-corrected chi connectivity index (χ2v) is 4.46. The van der Waals surface area contributed by atoms with Crippen LogP contribution in [0.5, 0.6) is 0 Å². The first kappa shape index (κ1) is 15.8. The van der Waals surface area contributed by atoms with Gasteiger partial charge in [-0.1, -0.05) is 19.1 Å². The van der Waals surface area contributed by atoms with E-state index in [1.807, 2.05) is 6.92 Å². The average molecular weight is 260 g/mol. The lowest BCUT2D eigenvalue weighted by Crippen LogP contribution is -2.48. The van der Waals surface area contributed by atoms with Crippen LogP contribution in [0.15, 0.2) is 0 Å². The van der Waals surface area contributed by atoms with Gasteiger partial charge in [0.25, 0.3) is 0 Å². The van der Waals surface area contributed by atoms with Crippen LogP contribution in [0.1, 0.15) is 27.2 Å². The summed E-state index contributed by atoms with van der Waals surface area (Å²) >= 11 is 4.90. The number of ether oxygens (including phenoxy) is 1. The van der Waals surface area contributed by atoms with Crippen LogP contribution in [0, 0.1) is 5.41 Å². The van der Waals surface area contributed by atoms with Gasteiger partial charge in [0.2, 0.25) is 5.91 Å². The number of likely N-dealkylation sites (N-methyl/N-ethyl adjacent to an activating group) is 1. The lowest BCUT2D eigenvalue weighted by molar-refractivity contribution is -0.150. The summed E-state index contributed by atoms with van der Waals surface area (Å²) in [5.41, 5.74) is 4.67. The van der Waals surface area contributed by atoms with Gasteiger partial charge >= 0.3 is 5.97 Å². The van der Waals surface area contributed by atoms with Gasteiger partial charge in [-0.3, -0.25) is 9.59 Å². The molecule has 0 radical (unpaired) electrons. The summed E-state index contributed by atoms with van der Waals surface area (Å²) in [7, 11) is 1.53. The normalized spacial score (nSPS) is 13.6. The van der Waals surface area contributed by atoms with Gasteiger partial charge < -0.3 is 15.4 Å². The highest BCUT2D eigenvalue weighted by molar-refractivity contribution is 7.80. The van der Waals surface area contributed by atoms with Crippen LogP contribution in [0.3, 0.4) is 0 Å². The molecule has 17 heavy (non-hydrogen) atoms. The fourth-order valence-corrected chi connectivity index (χ4v) is 1.56. The molecular formula is C11H20N2O3S. The minimum Gasteiger partial charge on any atom is -0.465 e. The third-order valence-corrected chi connectivity index (χ3v) is 3.19. The van der Waals surface area contributed by atoms with Crippen LogP contribution in [0.25, 0.3) is 0 Å². The molecule has 0 aromatic carbocycles. The van der Waals surface area contributed by atoms with Crippen molar-refractivity contribution in [3.05, 3.63) is 0 Å². The Hall–Kier alpha value is -1.17. The van der Waals surface area contributed by atoms with Gasteiger partial charge in [0.1, 0.15) is 6.54 Å². The van der Waals surface area contributed by atoms with Crippen molar-refractivity contribution in [3.8, 4) is 0 Å². The molecule has 0 saturated carbocycles. The van der Waals surface area contributed by atoms with E-state index >= 15 is 0 Å². The number of amides is 1. The lowest BCUT2D eigenvalue weighted by atomic mass is 9.86. The highest BCUT2D eigenvalue weighted by Gasteiger charge is 2.37. The Kier molecular flexibility index (Phi) is 6.09. The van der Waals surface area contributed by atoms with E-state index in [4.69, 9.17) is 22.7 Å². The van der Waals surface area contributed by atoms with Gasteiger partial charge in [-0.25, -0.2) is 0 Å². The predicted octanol–water partition coefficient (Wildman–Crippen LogP) is 0.710. The van der Waals surface area contributed by atoms with Crippen molar-refractivity contribution in [2.45, 2.75) is 27.2 Å². The van der Waals surface area contributed by atoms with E-state index in [0.717, 1.165) is 0 Å². The number of rotatable bonds is 6. The first-order chi connectivity index (χ1) is 7.79. The van der Waals surface area contributed by atoms with Crippen molar-refractivity contribution in [1.82, 2.24) is 4.90 Å². The largest absolute Gasteiger partial charge is 0.465 e. The molecule has 0 spiro atoms. The Morgan fingerprint density at radius 2 is 1.94 bits per heavy atom. The number of carbonyl (C=O) groups is 2. The smallest absolute Gasteiger partial charge is 0.325 e. The highest BCUT2D eigenvalue weighted by atomic mass is 32.1. The molecule has 98 valence electrons. The molecule has 0 aromatic rings. The molecule has 0 saturated heterocycles. The summed E-state index contributed by atoms with van der Waals surface area (Å²) in [5.74, 6) is -0.703. The third-order valence-electron chi connectivity index (χ3n) is 2.74. The zero-order valence-electron chi connectivity index (χ0n) is 10.8. The molecular weight excluding hydrogens is 240 g/mol. The van der Waals surface area contributed by atoms with Crippen molar-refractivity contribution < 1.29 is 14.3 Å². The Bertz CT molecular complexity index is 320. The van der Waals surface area contributed by atoms with Gasteiger partial charge in [-0.2, -0.15) is 0 Å². The molecule has 6 heteroatoms. The van der Waals surface area contributed by atoms with E-state index in [0.29, 0.717) is 13.0 Å². The second-order valence-electron chi connectivity index (χ2n) is 4.02. The molecule has 0 aromatic heterocycles. The minimum atomic E-state index is -0.906. The first-order valence-electron chi connectivity index (χ1n) is 5.50. The average Bonchev–Trinajstić information content (AvgIpc) is 2.26. The maximum Gasteiger partial charge on any atom is 0.325 e. The summed E-state index contributed by atoms with van der Waals surface area (Å²) < 4.78 is 4.77. The topological polar surface area (TPSA) is 72.6 Å². The van der Waals surface area contributed by atoms with E-state index in [-0.39, 0.29) is 17.4 Å². The number of nitrogens with two attached hydrogens (primary N) is 1. The third kappa shape index (κ3) is 3.96.